The summed E-state index contributed by atoms with van der Waals surface area (Å²) in [6.07, 6.45) is 4.86. The van der Waals surface area contributed by atoms with Gasteiger partial charge in [0.15, 0.2) is 5.78 Å². The predicted molar refractivity (Wildman–Crippen MR) is 70.1 cm³/mol. The lowest BCUT2D eigenvalue weighted by atomic mass is 10.1. The summed E-state index contributed by atoms with van der Waals surface area (Å²) in [5.41, 5.74) is 0.673. The molecule has 0 atom stereocenters. The van der Waals surface area contributed by atoms with Crippen molar-refractivity contribution in [3.8, 4) is 5.75 Å². The quantitative estimate of drug-likeness (QED) is 0.610. The maximum Gasteiger partial charge on any atom is 0.173 e. The van der Waals surface area contributed by atoms with Crippen LogP contribution >= 0.6 is 11.8 Å². The number of hydrogen-bond donors (Lipinski definition) is 0. The Kier molecular flexibility index (Phi) is 4.30. The van der Waals surface area contributed by atoms with Gasteiger partial charge in [-0.05, 0) is 24.3 Å². The van der Waals surface area contributed by atoms with E-state index in [4.69, 9.17) is 4.74 Å². The van der Waals surface area contributed by atoms with Gasteiger partial charge in [-0.1, -0.05) is 11.8 Å². The van der Waals surface area contributed by atoms with Crippen molar-refractivity contribution in [2.45, 2.75) is 5.03 Å². The minimum atomic E-state index is 0.0632. The number of ketones is 1. The van der Waals surface area contributed by atoms with E-state index in [0.717, 1.165) is 10.8 Å². The van der Waals surface area contributed by atoms with Crippen molar-refractivity contribution < 1.29 is 9.53 Å². The molecule has 18 heavy (non-hydrogen) atoms. The number of nitrogens with zero attached hydrogens (tertiary/aromatic N) is 2. The first-order valence-corrected chi connectivity index (χ1v) is 6.34. The number of methoxy groups -OCH3 is 1. The molecule has 0 fully saturated rings. The molecule has 0 spiro atoms. The first kappa shape index (κ1) is 12.6. The Hall–Kier alpha value is -1.88. The van der Waals surface area contributed by atoms with Gasteiger partial charge in [-0.25, -0.2) is 4.98 Å². The molecule has 0 unspecified atom stereocenters. The van der Waals surface area contributed by atoms with Crippen molar-refractivity contribution in [3.63, 3.8) is 0 Å². The SMILES string of the molecule is COc1ccc(C(=O)CSc2cnccn2)cc1. The summed E-state index contributed by atoms with van der Waals surface area (Å²) >= 11 is 1.38. The molecule has 4 nitrogen and oxygen atoms in total. The smallest absolute Gasteiger partial charge is 0.173 e. The molecule has 1 aromatic heterocycles. The Bertz CT molecular complexity index is 514. The number of Topliss-reactive ketones (excluding diaryl/α,β-unsaturated/α-hetero) is 1. The van der Waals surface area contributed by atoms with E-state index in [9.17, 15) is 4.79 Å². The van der Waals surface area contributed by atoms with Crippen LogP contribution in [0, 0.1) is 0 Å². The third-order valence-electron chi connectivity index (χ3n) is 2.30. The second kappa shape index (κ2) is 6.16. The highest BCUT2D eigenvalue weighted by Gasteiger charge is 2.07. The fourth-order valence-corrected chi connectivity index (χ4v) is 2.08. The molecule has 2 rings (SSSR count). The fraction of sp³-hybridized carbons (Fsp3) is 0.154. The van der Waals surface area contributed by atoms with E-state index in [2.05, 4.69) is 9.97 Å². The number of carbonyl (C=O) groups excluding carboxylic acids is 1. The zero-order chi connectivity index (χ0) is 12.8. The van der Waals surface area contributed by atoms with E-state index in [1.165, 1.54) is 11.8 Å². The van der Waals surface area contributed by atoms with Crippen LogP contribution in [-0.4, -0.2) is 28.6 Å². The number of carbonyl (C=O) groups is 1. The number of thioether (sulfide) groups is 1. The molecule has 0 saturated carbocycles. The third-order valence-corrected chi connectivity index (χ3v) is 3.22. The molecular formula is C13H12N2O2S. The van der Waals surface area contributed by atoms with Gasteiger partial charge in [0.25, 0.3) is 0 Å². The first-order valence-electron chi connectivity index (χ1n) is 5.35. The van der Waals surface area contributed by atoms with Crippen molar-refractivity contribution >= 4 is 17.5 Å². The molecule has 0 amide bonds. The monoisotopic (exact) mass is 260 g/mol. The maximum absolute atomic E-state index is 11.9. The highest BCUT2D eigenvalue weighted by atomic mass is 32.2. The summed E-state index contributed by atoms with van der Waals surface area (Å²) in [7, 11) is 1.60. The van der Waals surface area contributed by atoms with Crippen LogP contribution in [0.5, 0.6) is 5.75 Å². The van der Waals surface area contributed by atoms with Crippen LogP contribution in [0.25, 0.3) is 0 Å². The van der Waals surface area contributed by atoms with E-state index in [1.807, 2.05) is 0 Å². The van der Waals surface area contributed by atoms with Gasteiger partial charge in [0.1, 0.15) is 10.8 Å². The van der Waals surface area contributed by atoms with Crippen LogP contribution in [0.4, 0.5) is 0 Å². The molecule has 92 valence electrons. The van der Waals surface area contributed by atoms with Crippen molar-refractivity contribution in [3.05, 3.63) is 48.4 Å². The Balaban J connectivity index is 1.95. The molecule has 1 aromatic carbocycles. The van der Waals surface area contributed by atoms with E-state index in [0.29, 0.717) is 11.3 Å². The molecule has 0 saturated heterocycles. The Labute approximate surface area is 109 Å². The van der Waals surface area contributed by atoms with Crippen LogP contribution < -0.4 is 4.74 Å². The first-order chi connectivity index (χ1) is 8.79. The maximum atomic E-state index is 11.9. The van der Waals surface area contributed by atoms with Crippen molar-refractivity contribution in [1.82, 2.24) is 9.97 Å². The summed E-state index contributed by atoms with van der Waals surface area (Å²) in [4.78, 5) is 20.0. The lowest BCUT2D eigenvalue weighted by Gasteiger charge is -2.02. The normalized spacial score (nSPS) is 10.1. The molecule has 0 bridgehead atoms. The van der Waals surface area contributed by atoms with Crippen LogP contribution in [0.1, 0.15) is 10.4 Å². The largest absolute Gasteiger partial charge is 0.497 e. The van der Waals surface area contributed by atoms with E-state index >= 15 is 0 Å². The minimum absolute atomic E-state index is 0.0632. The second-order valence-electron chi connectivity index (χ2n) is 3.48. The summed E-state index contributed by atoms with van der Waals surface area (Å²) in [6, 6.07) is 7.08. The van der Waals surface area contributed by atoms with E-state index < -0.39 is 0 Å². The number of hydrogen-bond acceptors (Lipinski definition) is 5. The van der Waals surface area contributed by atoms with Gasteiger partial charge in [0, 0.05) is 18.0 Å². The van der Waals surface area contributed by atoms with Gasteiger partial charge >= 0.3 is 0 Å². The van der Waals surface area contributed by atoms with Gasteiger partial charge in [-0.15, -0.1) is 0 Å². The molecule has 1 heterocycles. The molecule has 2 aromatic rings. The van der Waals surface area contributed by atoms with Crippen LogP contribution in [0.15, 0.2) is 47.9 Å². The Morgan fingerprint density at radius 3 is 2.67 bits per heavy atom. The molecule has 0 aliphatic heterocycles. The van der Waals surface area contributed by atoms with Gasteiger partial charge in [0.05, 0.1) is 19.1 Å². The number of aromatic nitrogens is 2. The number of benzene rings is 1. The summed E-state index contributed by atoms with van der Waals surface area (Å²) in [6.45, 7) is 0. The van der Waals surface area contributed by atoms with Crippen LogP contribution in [-0.2, 0) is 0 Å². The summed E-state index contributed by atoms with van der Waals surface area (Å²) in [5, 5.41) is 0.749. The average molecular weight is 260 g/mol. The van der Waals surface area contributed by atoms with Gasteiger partial charge in [-0.2, -0.15) is 0 Å². The van der Waals surface area contributed by atoms with Gasteiger partial charge in [-0.3, -0.25) is 9.78 Å². The molecule has 0 aliphatic carbocycles. The average Bonchev–Trinajstić information content (AvgIpc) is 2.46. The number of rotatable bonds is 5. The zero-order valence-corrected chi connectivity index (χ0v) is 10.7. The molecule has 0 radical (unpaired) electrons. The van der Waals surface area contributed by atoms with E-state index in [-0.39, 0.29) is 5.78 Å². The second-order valence-corrected chi connectivity index (χ2v) is 4.48. The highest BCUT2D eigenvalue weighted by Crippen LogP contribution is 2.17. The highest BCUT2D eigenvalue weighted by molar-refractivity contribution is 7.99. The standard InChI is InChI=1S/C13H12N2O2S/c1-17-11-4-2-10(3-5-11)12(16)9-18-13-8-14-6-7-15-13/h2-8H,9H2,1H3. The zero-order valence-electron chi connectivity index (χ0n) is 9.87. The third kappa shape index (κ3) is 3.30. The lowest BCUT2D eigenvalue weighted by Crippen LogP contribution is -2.02. The molecule has 5 heteroatoms. The fourth-order valence-electron chi connectivity index (χ4n) is 1.36. The summed E-state index contributed by atoms with van der Waals surface area (Å²) < 4.78 is 5.04. The van der Waals surface area contributed by atoms with Crippen molar-refractivity contribution in [2.75, 3.05) is 12.9 Å². The molecular weight excluding hydrogens is 248 g/mol. The van der Waals surface area contributed by atoms with Crippen molar-refractivity contribution in [1.29, 1.82) is 0 Å². The Morgan fingerprint density at radius 2 is 2.06 bits per heavy atom. The van der Waals surface area contributed by atoms with Gasteiger partial charge in [0.2, 0.25) is 0 Å². The predicted octanol–water partition coefficient (Wildman–Crippen LogP) is 2.46. The lowest BCUT2D eigenvalue weighted by molar-refractivity contribution is 0.102. The molecule has 0 aliphatic rings. The topological polar surface area (TPSA) is 52.1 Å². The van der Waals surface area contributed by atoms with E-state index in [1.54, 1.807) is 50.0 Å². The number of ether oxygens (including phenoxy) is 1. The molecule has 0 N–H and O–H groups in total. The summed E-state index contributed by atoms with van der Waals surface area (Å²) in [5.74, 6) is 1.16. The van der Waals surface area contributed by atoms with Crippen LogP contribution in [0.3, 0.4) is 0 Å². The van der Waals surface area contributed by atoms with Gasteiger partial charge < -0.3 is 4.74 Å². The Morgan fingerprint density at radius 1 is 1.28 bits per heavy atom. The van der Waals surface area contributed by atoms with Crippen LogP contribution in [0.2, 0.25) is 0 Å². The van der Waals surface area contributed by atoms with Crippen molar-refractivity contribution in [2.24, 2.45) is 0 Å². The minimum Gasteiger partial charge on any atom is -0.497 e.